The summed E-state index contributed by atoms with van der Waals surface area (Å²) in [6, 6.07) is 13.4. The highest BCUT2D eigenvalue weighted by Gasteiger charge is 2.12. The standard InChI is InChI=1S/C19H17N5O2S/c1-11-7-8-13-12(9-11)17-18(21-13)22-19(24-23-17)27-10-16(25)20-14-5-3-4-6-15(14)26-2/h3-9H,10H2,1-2H3,(H,20,25)(H,21,22,24). The van der Waals surface area contributed by atoms with Crippen LogP contribution in [0, 0.1) is 6.92 Å². The highest BCUT2D eigenvalue weighted by molar-refractivity contribution is 7.99. The fourth-order valence-corrected chi connectivity index (χ4v) is 3.38. The van der Waals surface area contributed by atoms with Gasteiger partial charge in [0.25, 0.3) is 0 Å². The largest absolute Gasteiger partial charge is 0.495 e. The van der Waals surface area contributed by atoms with E-state index in [4.69, 9.17) is 4.74 Å². The number of methoxy groups -OCH3 is 1. The number of aromatic amines is 1. The molecule has 136 valence electrons. The fourth-order valence-electron chi connectivity index (χ4n) is 2.80. The van der Waals surface area contributed by atoms with Crippen molar-refractivity contribution in [3.63, 3.8) is 0 Å². The van der Waals surface area contributed by atoms with Crippen LogP contribution >= 0.6 is 11.8 Å². The molecular weight excluding hydrogens is 362 g/mol. The summed E-state index contributed by atoms with van der Waals surface area (Å²) >= 11 is 1.23. The Hall–Kier alpha value is -3.13. The van der Waals surface area contributed by atoms with Crippen molar-refractivity contribution in [2.45, 2.75) is 12.1 Å². The predicted molar refractivity (Wildman–Crippen MR) is 106 cm³/mol. The van der Waals surface area contributed by atoms with E-state index in [1.807, 2.05) is 31.2 Å². The zero-order valence-electron chi connectivity index (χ0n) is 14.8. The number of benzene rings is 2. The monoisotopic (exact) mass is 379 g/mol. The molecule has 0 fully saturated rings. The Bertz CT molecular complexity index is 1140. The van der Waals surface area contributed by atoms with Gasteiger partial charge in [0, 0.05) is 10.9 Å². The maximum Gasteiger partial charge on any atom is 0.234 e. The fraction of sp³-hybridized carbons (Fsp3) is 0.158. The SMILES string of the molecule is COc1ccccc1NC(=O)CSc1nnc2c(n1)[nH]c1ccc(C)cc12. The molecule has 0 atom stereocenters. The van der Waals surface area contributed by atoms with Crippen LogP contribution in [0.15, 0.2) is 47.6 Å². The number of nitrogens with zero attached hydrogens (tertiary/aromatic N) is 3. The van der Waals surface area contributed by atoms with Gasteiger partial charge in [-0.25, -0.2) is 4.98 Å². The van der Waals surface area contributed by atoms with Gasteiger partial charge < -0.3 is 15.0 Å². The summed E-state index contributed by atoms with van der Waals surface area (Å²) in [6.07, 6.45) is 0. The molecule has 2 aromatic heterocycles. The van der Waals surface area contributed by atoms with Gasteiger partial charge in [-0.2, -0.15) is 0 Å². The first-order valence-electron chi connectivity index (χ1n) is 8.32. The number of rotatable bonds is 5. The highest BCUT2D eigenvalue weighted by Crippen LogP contribution is 2.25. The van der Waals surface area contributed by atoms with Gasteiger partial charge >= 0.3 is 0 Å². The van der Waals surface area contributed by atoms with Crippen molar-refractivity contribution in [3.05, 3.63) is 48.0 Å². The molecule has 0 radical (unpaired) electrons. The van der Waals surface area contributed by atoms with Gasteiger partial charge in [0.15, 0.2) is 5.65 Å². The molecule has 27 heavy (non-hydrogen) atoms. The van der Waals surface area contributed by atoms with E-state index in [9.17, 15) is 4.79 Å². The Kier molecular flexibility index (Phi) is 4.64. The van der Waals surface area contributed by atoms with Crippen molar-refractivity contribution < 1.29 is 9.53 Å². The molecule has 0 spiro atoms. The Morgan fingerprint density at radius 2 is 2.07 bits per heavy atom. The molecule has 8 heteroatoms. The van der Waals surface area contributed by atoms with Crippen LogP contribution in [0.5, 0.6) is 5.75 Å². The lowest BCUT2D eigenvalue weighted by Crippen LogP contribution is -2.15. The number of para-hydroxylation sites is 2. The third-order valence-electron chi connectivity index (χ3n) is 4.06. The summed E-state index contributed by atoms with van der Waals surface area (Å²) in [5.74, 6) is 0.619. The average molecular weight is 379 g/mol. The van der Waals surface area contributed by atoms with Gasteiger partial charge in [0.1, 0.15) is 11.3 Å². The van der Waals surface area contributed by atoms with Crippen LogP contribution in [-0.4, -0.2) is 38.9 Å². The van der Waals surface area contributed by atoms with E-state index in [0.717, 1.165) is 22.0 Å². The number of aryl methyl sites for hydroxylation is 1. The smallest absolute Gasteiger partial charge is 0.234 e. The summed E-state index contributed by atoms with van der Waals surface area (Å²) in [5.41, 5.74) is 4.14. The number of H-pyrrole nitrogens is 1. The second-order valence-corrected chi connectivity index (χ2v) is 6.95. The number of hydrogen-bond acceptors (Lipinski definition) is 6. The third-order valence-corrected chi connectivity index (χ3v) is 4.90. The molecular formula is C19H17N5O2S. The van der Waals surface area contributed by atoms with Crippen LogP contribution in [0.1, 0.15) is 5.56 Å². The first-order chi connectivity index (χ1) is 13.1. The van der Waals surface area contributed by atoms with E-state index in [0.29, 0.717) is 22.2 Å². The number of amides is 1. The van der Waals surface area contributed by atoms with Crippen LogP contribution < -0.4 is 10.1 Å². The highest BCUT2D eigenvalue weighted by atomic mass is 32.2. The van der Waals surface area contributed by atoms with Crippen molar-refractivity contribution >= 4 is 45.4 Å². The maximum atomic E-state index is 12.2. The summed E-state index contributed by atoms with van der Waals surface area (Å²) in [7, 11) is 1.57. The number of carbonyl (C=O) groups excluding carboxylic acids is 1. The zero-order chi connectivity index (χ0) is 18.8. The molecule has 0 aliphatic rings. The number of fused-ring (bicyclic) bond motifs is 3. The minimum absolute atomic E-state index is 0.166. The molecule has 4 aromatic rings. The number of hydrogen-bond donors (Lipinski definition) is 2. The molecule has 0 unspecified atom stereocenters. The second-order valence-electron chi connectivity index (χ2n) is 6.00. The van der Waals surface area contributed by atoms with Gasteiger partial charge in [-0.3, -0.25) is 4.79 Å². The van der Waals surface area contributed by atoms with Crippen LogP contribution in [-0.2, 0) is 4.79 Å². The number of aromatic nitrogens is 4. The van der Waals surface area contributed by atoms with Crippen LogP contribution in [0.4, 0.5) is 5.69 Å². The predicted octanol–water partition coefficient (Wildman–Crippen LogP) is 3.55. The number of nitrogens with one attached hydrogen (secondary N) is 2. The molecule has 2 N–H and O–H groups in total. The van der Waals surface area contributed by atoms with Crippen LogP contribution in [0.25, 0.3) is 22.1 Å². The lowest BCUT2D eigenvalue weighted by Gasteiger charge is -2.09. The second kappa shape index (κ2) is 7.24. The van der Waals surface area contributed by atoms with Crippen molar-refractivity contribution in [1.82, 2.24) is 20.2 Å². The van der Waals surface area contributed by atoms with Gasteiger partial charge in [-0.15, -0.1) is 10.2 Å². The molecule has 2 heterocycles. The van der Waals surface area contributed by atoms with Gasteiger partial charge in [0.2, 0.25) is 11.1 Å². The number of ether oxygens (including phenoxy) is 1. The Morgan fingerprint density at radius 3 is 2.93 bits per heavy atom. The van der Waals surface area contributed by atoms with Crippen LogP contribution in [0.3, 0.4) is 0 Å². The van der Waals surface area contributed by atoms with E-state index in [-0.39, 0.29) is 11.7 Å². The molecule has 0 saturated carbocycles. The van der Waals surface area contributed by atoms with Crippen molar-refractivity contribution in [2.75, 3.05) is 18.2 Å². The average Bonchev–Trinajstić information content (AvgIpc) is 3.04. The first kappa shape index (κ1) is 17.3. The first-order valence-corrected chi connectivity index (χ1v) is 9.31. The Balaban J connectivity index is 1.48. The number of thioether (sulfide) groups is 1. The topological polar surface area (TPSA) is 92.8 Å². The van der Waals surface area contributed by atoms with E-state index in [1.165, 1.54) is 11.8 Å². The normalized spacial score (nSPS) is 11.0. The molecule has 4 rings (SSSR count). The molecule has 0 aliphatic heterocycles. The summed E-state index contributed by atoms with van der Waals surface area (Å²) < 4.78 is 5.23. The lowest BCUT2D eigenvalue weighted by atomic mass is 10.2. The molecule has 0 saturated heterocycles. The molecule has 0 bridgehead atoms. The lowest BCUT2D eigenvalue weighted by molar-refractivity contribution is -0.113. The molecule has 0 aliphatic carbocycles. The number of anilines is 1. The van der Waals surface area contributed by atoms with Crippen molar-refractivity contribution in [2.24, 2.45) is 0 Å². The molecule has 7 nitrogen and oxygen atoms in total. The summed E-state index contributed by atoms with van der Waals surface area (Å²) in [5, 5.41) is 12.7. The van der Waals surface area contributed by atoms with Crippen molar-refractivity contribution in [3.8, 4) is 5.75 Å². The van der Waals surface area contributed by atoms with Gasteiger partial charge in [-0.05, 0) is 31.2 Å². The van der Waals surface area contributed by atoms with Gasteiger partial charge in [-0.1, -0.05) is 35.5 Å². The number of carbonyl (C=O) groups is 1. The van der Waals surface area contributed by atoms with Gasteiger partial charge in [0.05, 0.1) is 18.6 Å². The minimum atomic E-state index is -0.166. The summed E-state index contributed by atoms with van der Waals surface area (Å²) in [6.45, 7) is 2.03. The quantitative estimate of drug-likeness (QED) is 0.515. The van der Waals surface area contributed by atoms with Crippen LogP contribution in [0.2, 0.25) is 0 Å². The van der Waals surface area contributed by atoms with E-state index in [2.05, 4.69) is 31.5 Å². The van der Waals surface area contributed by atoms with Crippen molar-refractivity contribution in [1.29, 1.82) is 0 Å². The molecule has 1 amide bonds. The van der Waals surface area contributed by atoms with E-state index in [1.54, 1.807) is 19.2 Å². The van der Waals surface area contributed by atoms with E-state index >= 15 is 0 Å². The Morgan fingerprint density at radius 1 is 1.22 bits per heavy atom. The minimum Gasteiger partial charge on any atom is -0.495 e. The summed E-state index contributed by atoms with van der Waals surface area (Å²) in [4.78, 5) is 20.0. The zero-order valence-corrected chi connectivity index (χ0v) is 15.6. The van der Waals surface area contributed by atoms with E-state index < -0.39 is 0 Å². The molecule has 2 aromatic carbocycles. The Labute approximate surface area is 159 Å². The maximum absolute atomic E-state index is 12.2. The third kappa shape index (κ3) is 3.56.